The molecule has 0 saturated heterocycles. The van der Waals surface area contributed by atoms with E-state index in [1.807, 2.05) is 32.0 Å². The van der Waals surface area contributed by atoms with Gasteiger partial charge in [-0.1, -0.05) is 0 Å². The number of rotatable bonds is 5. The molecule has 0 saturated carbocycles. The topological polar surface area (TPSA) is 80.3 Å². The first kappa shape index (κ1) is 18.9. The minimum absolute atomic E-state index is 0.195. The summed E-state index contributed by atoms with van der Waals surface area (Å²) in [6.45, 7) is 3.96. The summed E-state index contributed by atoms with van der Waals surface area (Å²) >= 11 is -0.356. The summed E-state index contributed by atoms with van der Waals surface area (Å²) in [5, 5.41) is 5.67. The summed E-state index contributed by atoms with van der Waals surface area (Å²) in [6, 6.07) is 12.7. The van der Waals surface area contributed by atoms with E-state index in [2.05, 4.69) is 15.6 Å². The fourth-order valence-electron chi connectivity index (χ4n) is 2.49. The first-order chi connectivity index (χ1) is 13.0. The summed E-state index contributed by atoms with van der Waals surface area (Å²) in [5.41, 5.74) is 3.42. The average Bonchev–Trinajstić information content (AvgIpc) is 3.12. The van der Waals surface area contributed by atoms with Crippen molar-refractivity contribution >= 4 is 36.7 Å². The molecule has 0 unspecified atom stereocenters. The van der Waals surface area contributed by atoms with Crippen LogP contribution in [0.3, 0.4) is 0 Å². The van der Waals surface area contributed by atoms with Gasteiger partial charge < -0.3 is 0 Å². The number of hydrogen-bond acceptors (Lipinski definition) is 4. The summed E-state index contributed by atoms with van der Waals surface area (Å²) in [4.78, 5) is 28.9. The predicted octanol–water partition coefficient (Wildman–Crippen LogP) is 3.27. The van der Waals surface area contributed by atoms with Gasteiger partial charge in [0, 0.05) is 0 Å². The Morgan fingerprint density at radius 2 is 1.74 bits per heavy atom. The Morgan fingerprint density at radius 3 is 2.41 bits per heavy atom. The van der Waals surface area contributed by atoms with Gasteiger partial charge in [0.1, 0.15) is 0 Å². The second-order valence-corrected chi connectivity index (χ2v) is 8.15. The number of carbonyl (C=O) groups excluding carboxylic acids is 2. The van der Waals surface area contributed by atoms with Crippen LogP contribution >= 0.6 is 0 Å². The molecule has 138 valence electrons. The van der Waals surface area contributed by atoms with Crippen molar-refractivity contribution in [1.29, 1.82) is 0 Å². The standard InChI is InChI=1S/C20H19N3O3Se/c1-12-4-9-16(13(2)10-12)22-19(25)17-11-21-20(27-17)23-18(24)14-5-7-15(26-3)8-6-14/h4-11H,1-3H3,(H,22,25)(H,21,23,24). The molecule has 1 heterocycles. The van der Waals surface area contributed by atoms with Crippen LogP contribution in [-0.4, -0.2) is 38.4 Å². The first-order valence-corrected chi connectivity index (χ1v) is 9.97. The number of nitrogens with zero attached hydrogens (tertiary/aromatic N) is 1. The van der Waals surface area contributed by atoms with Crippen molar-refractivity contribution < 1.29 is 14.3 Å². The van der Waals surface area contributed by atoms with Crippen LogP contribution in [0.4, 0.5) is 10.4 Å². The number of methoxy groups -OCH3 is 1. The van der Waals surface area contributed by atoms with Crippen LogP contribution in [0.5, 0.6) is 5.75 Å². The molecule has 0 bridgehead atoms. The van der Waals surface area contributed by atoms with Gasteiger partial charge in [0.2, 0.25) is 0 Å². The van der Waals surface area contributed by atoms with Crippen molar-refractivity contribution in [2.45, 2.75) is 13.8 Å². The first-order valence-electron chi connectivity index (χ1n) is 8.26. The molecule has 0 radical (unpaired) electrons. The molecule has 2 N–H and O–H groups in total. The van der Waals surface area contributed by atoms with Gasteiger partial charge in [-0.15, -0.1) is 0 Å². The maximum atomic E-state index is 12.5. The van der Waals surface area contributed by atoms with Gasteiger partial charge in [-0.25, -0.2) is 0 Å². The van der Waals surface area contributed by atoms with Crippen molar-refractivity contribution in [3.63, 3.8) is 0 Å². The third kappa shape index (κ3) is 4.64. The van der Waals surface area contributed by atoms with Crippen LogP contribution in [-0.2, 0) is 0 Å². The van der Waals surface area contributed by atoms with E-state index in [0.29, 0.717) is 20.4 Å². The maximum absolute atomic E-state index is 12.5. The average molecular weight is 428 g/mol. The van der Waals surface area contributed by atoms with E-state index in [-0.39, 0.29) is 26.3 Å². The molecule has 0 aliphatic heterocycles. The molecule has 0 fully saturated rings. The summed E-state index contributed by atoms with van der Waals surface area (Å²) in [5.74, 6) is 0.225. The van der Waals surface area contributed by atoms with Gasteiger partial charge in [0.05, 0.1) is 0 Å². The SMILES string of the molecule is COc1ccc(C(=O)Nc2ncc(C(=O)Nc3ccc(C)cc3C)[se]2)cc1. The number of benzene rings is 2. The monoisotopic (exact) mass is 429 g/mol. The molecule has 0 atom stereocenters. The Bertz CT molecular complexity index is 980. The molecule has 0 aliphatic rings. The van der Waals surface area contributed by atoms with E-state index in [1.165, 1.54) is 6.20 Å². The third-order valence-electron chi connectivity index (χ3n) is 3.93. The Morgan fingerprint density at radius 1 is 1.00 bits per heavy atom. The second kappa shape index (κ2) is 8.20. The summed E-state index contributed by atoms with van der Waals surface area (Å²) in [7, 11) is 1.57. The van der Waals surface area contributed by atoms with Crippen LogP contribution < -0.4 is 15.4 Å². The Hall–Kier alpha value is -2.89. The number of aromatic nitrogens is 1. The van der Waals surface area contributed by atoms with Crippen molar-refractivity contribution in [1.82, 2.24) is 4.98 Å². The van der Waals surface area contributed by atoms with E-state index in [9.17, 15) is 9.59 Å². The van der Waals surface area contributed by atoms with Crippen LogP contribution in [0.2, 0.25) is 0 Å². The van der Waals surface area contributed by atoms with Crippen LogP contribution in [0.25, 0.3) is 0 Å². The number of nitrogens with one attached hydrogen (secondary N) is 2. The van der Waals surface area contributed by atoms with Gasteiger partial charge in [-0.05, 0) is 0 Å². The van der Waals surface area contributed by atoms with Gasteiger partial charge in [0.25, 0.3) is 0 Å². The molecule has 3 aromatic rings. The van der Waals surface area contributed by atoms with Gasteiger partial charge in [-0.2, -0.15) is 0 Å². The summed E-state index contributed by atoms with van der Waals surface area (Å²) < 4.78 is 6.15. The van der Waals surface area contributed by atoms with Crippen molar-refractivity contribution in [3.8, 4) is 5.75 Å². The number of carbonyl (C=O) groups is 2. The second-order valence-electron chi connectivity index (χ2n) is 5.98. The normalized spacial score (nSPS) is 10.3. The number of hydrogen-bond donors (Lipinski definition) is 2. The Balaban J connectivity index is 1.66. The molecular formula is C20H19N3O3Se. The zero-order valence-corrected chi connectivity index (χ0v) is 16.9. The third-order valence-corrected chi connectivity index (χ3v) is 5.84. The molecular weight excluding hydrogens is 409 g/mol. The van der Waals surface area contributed by atoms with E-state index in [0.717, 1.165) is 16.8 Å². The number of aryl methyl sites for hydroxylation is 2. The van der Waals surface area contributed by atoms with Crippen LogP contribution in [0.15, 0.2) is 48.7 Å². The number of anilines is 2. The molecule has 3 rings (SSSR count). The van der Waals surface area contributed by atoms with Crippen molar-refractivity contribution in [3.05, 3.63) is 69.8 Å². The fourth-order valence-corrected chi connectivity index (χ4v) is 3.97. The van der Waals surface area contributed by atoms with E-state index in [4.69, 9.17) is 4.74 Å². The van der Waals surface area contributed by atoms with Crippen LogP contribution in [0, 0.1) is 13.8 Å². The molecule has 0 spiro atoms. The van der Waals surface area contributed by atoms with E-state index >= 15 is 0 Å². The number of ether oxygens (including phenoxy) is 1. The number of amides is 2. The predicted molar refractivity (Wildman–Crippen MR) is 106 cm³/mol. The molecule has 27 heavy (non-hydrogen) atoms. The zero-order valence-electron chi connectivity index (χ0n) is 15.2. The molecule has 2 amide bonds. The molecule has 1 aromatic heterocycles. The van der Waals surface area contributed by atoms with Gasteiger partial charge in [-0.3, -0.25) is 0 Å². The molecule has 7 heteroatoms. The molecule has 0 aliphatic carbocycles. The minimum atomic E-state index is -0.356. The quantitative estimate of drug-likeness (QED) is 0.612. The van der Waals surface area contributed by atoms with Gasteiger partial charge in [0.15, 0.2) is 0 Å². The van der Waals surface area contributed by atoms with E-state index < -0.39 is 0 Å². The van der Waals surface area contributed by atoms with Gasteiger partial charge >= 0.3 is 163 Å². The van der Waals surface area contributed by atoms with Crippen molar-refractivity contribution in [2.75, 3.05) is 17.7 Å². The Kier molecular flexibility index (Phi) is 5.74. The zero-order chi connectivity index (χ0) is 19.4. The molecule has 2 aromatic carbocycles. The molecule has 6 nitrogen and oxygen atoms in total. The van der Waals surface area contributed by atoms with E-state index in [1.54, 1.807) is 31.4 Å². The fraction of sp³-hybridized carbons (Fsp3) is 0.150. The summed E-state index contributed by atoms with van der Waals surface area (Å²) in [6.07, 6.45) is 1.52. The van der Waals surface area contributed by atoms with Crippen molar-refractivity contribution in [2.24, 2.45) is 0 Å². The Labute approximate surface area is 163 Å². The van der Waals surface area contributed by atoms with Crippen LogP contribution in [0.1, 0.15) is 30.7 Å².